The van der Waals surface area contributed by atoms with Gasteiger partial charge in [-0.05, 0) is 57.8 Å². The Bertz CT molecular complexity index is 309. The number of carbonyl (C=O) groups excluding carboxylic acids is 1. The molecule has 0 aromatic carbocycles. The molecule has 0 heterocycles. The number of nitrogens with two attached hydrogens (primary N) is 1. The van der Waals surface area contributed by atoms with Gasteiger partial charge >= 0.3 is 0 Å². The summed E-state index contributed by atoms with van der Waals surface area (Å²) in [6, 6.07) is 1.31. The Balaban J connectivity index is 1.67. The average molecular weight is 236 g/mol. The van der Waals surface area contributed by atoms with E-state index in [2.05, 4.69) is 11.8 Å². The highest BCUT2D eigenvalue weighted by atomic mass is 16.2. The first kappa shape index (κ1) is 11.5. The van der Waals surface area contributed by atoms with Crippen molar-refractivity contribution in [3.05, 3.63) is 0 Å². The summed E-state index contributed by atoms with van der Waals surface area (Å²) >= 11 is 0. The number of hydrogen-bond donors (Lipinski definition) is 1. The Kier molecular flexibility index (Phi) is 2.89. The molecule has 17 heavy (non-hydrogen) atoms. The molecule has 3 heteroatoms. The predicted molar refractivity (Wildman–Crippen MR) is 67.4 cm³/mol. The zero-order valence-electron chi connectivity index (χ0n) is 10.8. The molecule has 0 aliphatic heterocycles. The Hall–Kier alpha value is -0.570. The maximum Gasteiger partial charge on any atom is 0.226 e. The van der Waals surface area contributed by atoms with Crippen LogP contribution in [0.1, 0.15) is 51.9 Å². The second-order valence-electron chi connectivity index (χ2n) is 6.32. The molecular weight excluding hydrogens is 212 g/mol. The molecule has 0 aromatic rings. The third-order valence-electron chi connectivity index (χ3n) is 4.76. The molecule has 0 aromatic heterocycles. The van der Waals surface area contributed by atoms with Crippen LogP contribution in [0, 0.1) is 11.8 Å². The summed E-state index contributed by atoms with van der Waals surface area (Å²) in [6.45, 7) is 2.25. The maximum atomic E-state index is 12.6. The van der Waals surface area contributed by atoms with Gasteiger partial charge in [0, 0.05) is 24.0 Å². The van der Waals surface area contributed by atoms with Gasteiger partial charge in [0.05, 0.1) is 0 Å². The molecule has 3 rings (SSSR count). The van der Waals surface area contributed by atoms with Crippen molar-refractivity contribution in [2.75, 3.05) is 0 Å². The van der Waals surface area contributed by atoms with Crippen LogP contribution in [0.15, 0.2) is 0 Å². The van der Waals surface area contributed by atoms with Crippen molar-refractivity contribution >= 4 is 5.91 Å². The third kappa shape index (κ3) is 2.35. The Morgan fingerprint density at radius 3 is 2.35 bits per heavy atom. The molecule has 3 atom stereocenters. The molecule has 1 amide bonds. The molecule has 0 radical (unpaired) electrons. The lowest BCUT2D eigenvalue weighted by molar-refractivity contribution is -0.138. The lowest BCUT2D eigenvalue weighted by atomic mass is 10.0. The van der Waals surface area contributed by atoms with Crippen LogP contribution in [-0.2, 0) is 4.79 Å². The first-order chi connectivity index (χ1) is 8.16. The first-order valence-corrected chi connectivity index (χ1v) is 7.24. The van der Waals surface area contributed by atoms with Crippen molar-refractivity contribution in [3.63, 3.8) is 0 Å². The van der Waals surface area contributed by atoms with Gasteiger partial charge in [-0.25, -0.2) is 0 Å². The zero-order valence-corrected chi connectivity index (χ0v) is 10.8. The third-order valence-corrected chi connectivity index (χ3v) is 4.76. The van der Waals surface area contributed by atoms with E-state index >= 15 is 0 Å². The lowest BCUT2D eigenvalue weighted by Gasteiger charge is -2.32. The van der Waals surface area contributed by atoms with E-state index in [0.29, 0.717) is 18.0 Å². The molecule has 3 fully saturated rings. The summed E-state index contributed by atoms with van der Waals surface area (Å²) in [6.07, 6.45) is 8.06. The van der Waals surface area contributed by atoms with Crippen LogP contribution in [0.25, 0.3) is 0 Å². The number of amides is 1. The topological polar surface area (TPSA) is 46.3 Å². The Morgan fingerprint density at radius 2 is 1.88 bits per heavy atom. The highest BCUT2D eigenvalue weighted by Gasteiger charge is 2.44. The quantitative estimate of drug-likeness (QED) is 0.810. The predicted octanol–water partition coefficient (Wildman–Crippen LogP) is 1.90. The van der Waals surface area contributed by atoms with Gasteiger partial charge in [0.25, 0.3) is 0 Å². The molecule has 0 bridgehead atoms. The van der Waals surface area contributed by atoms with Gasteiger partial charge in [-0.2, -0.15) is 0 Å². The summed E-state index contributed by atoms with van der Waals surface area (Å²) in [7, 11) is 0. The molecule has 3 saturated carbocycles. The fourth-order valence-corrected chi connectivity index (χ4v) is 3.32. The second kappa shape index (κ2) is 4.27. The van der Waals surface area contributed by atoms with Gasteiger partial charge in [0.2, 0.25) is 5.91 Å². The molecule has 2 N–H and O–H groups in total. The second-order valence-corrected chi connectivity index (χ2v) is 6.32. The molecule has 3 nitrogen and oxygen atoms in total. The van der Waals surface area contributed by atoms with Crippen LogP contribution in [0.4, 0.5) is 0 Å². The van der Waals surface area contributed by atoms with Crippen molar-refractivity contribution in [1.29, 1.82) is 0 Å². The van der Waals surface area contributed by atoms with Gasteiger partial charge < -0.3 is 10.6 Å². The fraction of sp³-hybridized carbons (Fsp3) is 0.929. The molecule has 3 aliphatic carbocycles. The van der Waals surface area contributed by atoms with Crippen LogP contribution in [0.5, 0.6) is 0 Å². The molecule has 3 aliphatic rings. The summed E-state index contributed by atoms with van der Waals surface area (Å²) < 4.78 is 0. The van der Waals surface area contributed by atoms with Gasteiger partial charge in [-0.1, -0.05) is 0 Å². The van der Waals surface area contributed by atoms with Crippen LogP contribution >= 0.6 is 0 Å². The van der Waals surface area contributed by atoms with Crippen molar-refractivity contribution in [2.45, 2.75) is 70.0 Å². The van der Waals surface area contributed by atoms with Crippen molar-refractivity contribution in [2.24, 2.45) is 17.6 Å². The van der Waals surface area contributed by atoms with Crippen LogP contribution in [0.2, 0.25) is 0 Å². The molecule has 96 valence electrons. The normalized spacial score (nSPS) is 34.7. The van der Waals surface area contributed by atoms with E-state index in [1.165, 1.54) is 25.7 Å². The SMILES string of the molecule is CC(C1CC1)N(C(=O)C1CCC(N)C1)C1CC1. The zero-order chi connectivity index (χ0) is 12.0. The lowest BCUT2D eigenvalue weighted by Crippen LogP contribution is -2.44. The van der Waals surface area contributed by atoms with Crippen molar-refractivity contribution in [3.8, 4) is 0 Å². The average Bonchev–Trinajstić information content (AvgIpc) is 3.18. The van der Waals surface area contributed by atoms with E-state index in [9.17, 15) is 4.79 Å². The Morgan fingerprint density at radius 1 is 1.18 bits per heavy atom. The summed E-state index contributed by atoms with van der Waals surface area (Å²) in [5, 5.41) is 0. The van der Waals surface area contributed by atoms with Gasteiger partial charge in [0.15, 0.2) is 0 Å². The molecule has 3 unspecified atom stereocenters. The fourth-order valence-electron chi connectivity index (χ4n) is 3.32. The minimum atomic E-state index is 0.229. The maximum absolute atomic E-state index is 12.6. The van der Waals surface area contributed by atoms with E-state index in [1.54, 1.807) is 0 Å². The highest BCUT2D eigenvalue weighted by Crippen LogP contribution is 2.41. The summed E-state index contributed by atoms with van der Waals surface area (Å²) in [5.41, 5.74) is 5.93. The van der Waals surface area contributed by atoms with Gasteiger partial charge in [0.1, 0.15) is 0 Å². The smallest absolute Gasteiger partial charge is 0.226 e. The monoisotopic (exact) mass is 236 g/mol. The minimum absolute atomic E-state index is 0.229. The summed E-state index contributed by atoms with van der Waals surface area (Å²) in [4.78, 5) is 14.9. The van der Waals surface area contributed by atoms with Gasteiger partial charge in [-0.15, -0.1) is 0 Å². The van der Waals surface area contributed by atoms with E-state index in [0.717, 1.165) is 25.2 Å². The Labute approximate surface area is 104 Å². The van der Waals surface area contributed by atoms with Crippen LogP contribution in [-0.4, -0.2) is 28.9 Å². The van der Waals surface area contributed by atoms with Gasteiger partial charge in [-0.3, -0.25) is 4.79 Å². The van der Waals surface area contributed by atoms with E-state index in [-0.39, 0.29) is 12.0 Å². The molecule has 0 saturated heterocycles. The van der Waals surface area contributed by atoms with E-state index < -0.39 is 0 Å². The number of rotatable bonds is 4. The molecule has 0 spiro atoms. The minimum Gasteiger partial charge on any atom is -0.336 e. The number of hydrogen-bond acceptors (Lipinski definition) is 2. The largest absolute Gasteiger partial charge is 0.336 e. The highest BCUT2D eigenvalue weighted by molar-refractivity contribution is 5.80. The number of carbonyl (C=O) groups is 1. The van der Waals surface area contributed by atoms with Crippen molar-refractivity contribution < 1.29 is 4.79 Å². The van der Waals surface area contributed by atoms with E-state index in [4.69, 9.17) is 5.73 Å². The van der Waals surface area contributed by atoms with E-state index in [1.807, 2.05) is 0 Å². The van der Waals surface area contributed by atoms with Crippen LogP contribution < -0.4 is 5.73 Å². The first-order valence-electron chi connectivity index (χ1n) is 7.24. The molecular formula is C14H24N2O. The standard InChI is InChI=1S/C14H24N2O/c1-9(10-2-3-10)16(13-6-7-13)14(17)11-4-5-12(15)8-11/h9-13H,2-8,15H2,1H3. The van der Waals surface area contributed by atoms with Crippen molar-refractivity contribution in [1.82, 2.24) is 4.90 Å². The van der Waals surface area contributed by atoms with Crippen LogP contribution in [0.3, 0.4) is 0 Å². The summed E-state index contributed by atoms with van der Waals surface area (Å²) in [5.74, 6) is 1.43. The number of nitrogens with zero attached hydrogens (tertiary/aromatic N) is 1.